The van der Waals surface area contributed by atoms with Crippen molar-refractivity contribution in [2.45, 2.75) is 13.3 Å². The zero-order valence-electron chi connectivity index (χ0n) is 11.3. The van der Waals surface area contributed by atoms with Gasteiger partial charge in [0.05, 0.1) is 5.75 Å². The Kier molecular flexibility index (Phi) is 8.20. The Bertz CT molecular complexity index is 367. The molecule has 0 spiro atoms. The second-order valence-corrected chi connectivity index (χ2v) is 8.83. The van der Waals surface area contributed by atoms with Gasteiger partial charge in [0.25, 0.3) is 0 Å². The second kappa shape index (κ2) is 9.10. The summed E-state index contributed by atoms with van der Waals surface area (Å²) in [6.45, 7) is 3.44. The minimum atomic E-state index is -3.20. The van der Waals surface area contributed by atoms with Gasteiger partial charge in [0.1, 0.15) is 0 Å². The fourth-order valence-corrected chi connectivity index (χ4v) is 4.78. The molecule has 0 radical (unpaired) electrons. The fourth-order valence-electron chi connectivity index (χ4n) is 1.67. The summed E-state index contributed by atoms with van der Waals surface area (Å²) in [6.07, 6.45) is 0.457. The minimum absolute atomic E-state index is 0.00429. The molecule has 19 heavy (non-hydrogen) atoms. The fraction of sp³-hybridized carbons (Fsp3) is 0.909. The summed E-state index contributed by atoms with van der Waals surface area (Å²) >= 11 is 3.49. The van der Waals surface area contributed by atoms with Crippen molar-refractivity contribution >= 4 is 39.5 Å². The SMILES string of the molecule is CCSCCC(=O)NCCS(=O)(=O)N1CCSCC1. The molecule has 112 valence electrons. The summed E-state index contributed by atoms with van der Waals surface area (Å²) < 4.78 is 25.5. The van der Waals surface area contributed by atoms with Crippen molar-refractivity contribution in [3.8, 4) is 0 Å². The topological polar surface area (TPSA) is 66.5 Å². The lowest BCUT2D eigenvalue weighted by Gasteiger charge is -2.25. The highest BCUT2D eigenvalue weighted by Crippen LogP contribution is 2.12. The molecule has 0 unspecified atom stereocenters. The average Bonchev–Trinajstić information content (AvgIpc) is 2.40. The highest BCUT2D eigenvalue weighted by molar-refractivity contribution is 7.99. The quantitative estimate of drug-likeness (QED) is 0.663. The van der Waals surface area contributed by atoms with E-state index in [0.717, 1.165) is 23.0 Å². The molecule has 0 bridgehead atoms. The summed E-state index contributed by atoms with van der Waals surface area (Å²) in [6, 6.07) is 0. The number of carbonyl (C=O) groups excluding carboxylic acids is 1. The summed E-state index contributed by atoms with van der Waals surface area (Å²) in [4.78, 5) is 11.4. The van der Waals surface area contributed by atoms with Gasteiger partial charge in [0, 0.05) is 43.3 Å². The molecule has 1 heterocycles. The van der Waals surface area contributed by atoms with E-state index in [2.05, 4.69) is 5.32 Å². The van der Waals surface area contributed by atoms with Gasteiger partial charge < -0.3 is 5.32 Å². The van der Waals surface area contributed by atoms with Gasteiger partial charge in [-0.05, 0) is 5.75 Å². The van der Waals surface area contributed by atoms with Crippen LogP contribution in [0.25, 0.3) is 0 Å². The summed E-state index contributed by atoms with van der Waals surface area (Å²) in [7, 11) is -3.20. The van der Waals surface area contributed by atoms with Gasteiger partial charge in [0.2, 0.25) is 15.9 Å². The van der Waals surface area contributed by atoms with E-state index in [1.807, 2.05) is 6.92 Å². The van der Waals surface area contributed by atoms with E-state index in [-0.39, 0.29) is 18.2 Å². The molecular formula is C11H22N2O3S3. The lowest BCUT2D eigenvalue weighted by molar-refractivity contribution is -0.120. The maximum absolute atomic E-state index is 12.0. The number of nitrogens with one attached hydrogen (secondary N) is 1. The monoisotopic (exact) mass is 326 g/mol. The lowest BCUT2D eigenvalue weighted by atomic mass is 10.4. The highest BCUT2D eigenvalue weighted by atomic mass is 32.2. The molecule has 0 aromatic rings. The standard InChI is InChI=1S/C11H22N2O3S3/c1-2-17-7-3-11(14)12-4-10-19(15,16)13-5-8-18-9-6-13/h2-10H2,1H3,(H,12,14). The molecule has 0 aromatic heterocycles. The second-order valence-electron chi connectivity index (χ2n) is 4.12. The van der Waals surface area contributed by atoms with Crippen LogP contribution in [0, 0.1) is 0 Å². The Morgan fingerprint density at radius 1 is 1.37 bits per heavy atom. The minimum Gasteiger partial charge on any atom is -0.355 e. The van der Waals surface area contributed by atoms with Crippen LogP contribution in [0.1, 0.15) is 13.3 Å². The number of carbonyl (C=O) groups is 1. The third kappa shape index (κ3) is 6.87. The molecule has 8 heteroatoms. The van der Waals surface area contributed by atoms with Crippen LogP contribution in [-0.2, 0) is 14.8 Å². The van der Waals surface area contributed by atoms with Crippen molar-refractivity contribution < 1.29 is 13.2 Å². The van der Waals surface area contributed by atoms with Gasteiger partial charge in [-0.15, -0.1) is 0 Å². The first-order valence-electron chi connectivity index (χ1n) is 6.46. The molecule has 0 aromatic carbocycles. The molecular weight excluding hydrogens is 304 g/mol. The van der Waals surface area contributed by atoms with Crippen molar-refractivity contribution in [2.24, 2.45) is 0 Å². The summed E-state index contributed by atoms with van der Waals surface area (Å²) in [5, 5.41) is 2.67. The van der Waals surface area contributed by atoms with Crippen LogP contribution in [0.5, 0.6) is 0 Å². The molecule has 1 aliphatic heterocycles. The molecule has 0 saturated carbocycles. The lowest BCUT2D eigenvalue weighted by Crippen LogP contribution is -2.41. The molecule has 1 fully saturated rings. The van der Waals surface area contributed by atoms with Crippen LogP contribution in [-0.4, -0.2) is 67.0 Å². The van der Waals surface area contributed by atoms with Crippen molar-refractivity contribution in [2.75, 3.05) is 48.4 Å². The van der Waals surface area contributed by atoms with E-state index in [4.69, 9.17) is 0 Å². The maximum atomic E-state index is 12.0. The number of thioether (sulfide) groups is 2. The van der Waals surface area contributed by atoms with Crippen molar-refractivity contribution in [1.82, 2.24) is 9.62 Å². The van der Waals surface area contributed by atoms with Gasteiger partial charge in [-0.1, -0.05) is 6.92 Å². The zero-order valence-corrected chi connectivity index (χ0v) is 13.7. The molecule has 1 aliphatic rings. The molecule has 0 atom stereocenters. The number of hydrogen-bond acceptors (Lipinski definition) is 5. The van der Waals surface area contributed by atoms with Gasteiger partial charge >= 0.3 is 0 Å². The smallest absolute Gasteiger partial charge is 0.220 e. The van der Waals surface area contributed by atoms with Gasteiger partial charge in [-0.3, -0.25) is 4.79 Å². The number of nitrogens with zero attached hydrogens (tertiary/aromatic N) is 1. The van der Waals surface area contributed by atoms with Gasteiger partial charge in [-0.25, -0.2) is 12.7 Å². The number of sulfonamides is 1. The molecule has 1 N–H and O–H groups in total. The third-order valence-electron chi connectivity index (χ3n) is 2.72. The van der Waals surface area contributed by atoms with Gasteiger partial charge in [0.15, 0.2) is 0 Å². The van der Waals surface area contributed by atoms with E-state index in [1.54, 1.807) is 23.5 Å². The van der Waals surface area contributed by atoms with E-state index in [1.165, 1.54) is 4.31 Å². The molecule has 5 nitrogen and oxygen atoms in total. The molecule has 1 rings (SSSR count). The maximum Gasteiger partial charge on any atom is 0.220 e. The first-order valence-corrected chi connectivity index (χ1v) is 10.4. The van der Waals surface area contributed by atoms with Crippen LogP contribution >= 0.6 is 23.5 Å². The predicted octanol–water partition coefficient (Wildman–Crippen LogP) is 0.624. The number of rotatable bonds is 8. The normalized spacial score (nSPS) is 17.3. The Morgan fingerprint density at radius 2 is 2.05 bits per heavy atom. The van der Waals surface area contributed by atoms with Crippen LogP contribution in [0.2, 0.25) is 0 Å². The number of amides is 1. The van der Waals surface area contributed by atoms with Crippen LogP contribution < -0.4 is 5.32 Å². The van der Waals surface area contributed by atoms with Crippen LogP contribution in [0.4, 0.5) is 0 Å². The third-order valence-corrected chi connectivity index (χ3v) is 6.44. The molecule has 1 saturated heterocycles. The Hall–Kier alpha value is 0.0800. The first kappa shape index (κ1) is 17.1. The van der Waals surface area contributed by atoms with Crippen molar-refractivity contribution in [3.63, 3.8) is 0 Å². The van der Waals surface area contributed by atoms with Crippen molar-refractivity contribution in [1.29, 1.82) is 0 Å². The molecule has 1 amide bonds. The van der Waals surface area contributed by atoms with Crippen molar-refractivity contribution in [3.05, 3.63) is 0 Å². The predicted molar refractivity (Wildman–Crippen MR) is 83.3 cm³/mol. The average molecular weight is 327 g/mol. The largest absolute Gasteiger partial charge is 0.355 e. The van der Waals surface area contributed by atoms with E-state index < -0.39 is 10.0 Å². The van der Waals surface area contributed by atoms with E-state index in [0.29, 0.717) is 19.5 Å². The Morgan fingerprint density at radius 3 is 2.68 bits per heavy atom. The molecule has 0 aliphatic carbocycles. The highest BCUT2D eigenvalue weighted by Gasteiger charge is 2.23. The summed E-state index contributed by atoms with van der Waals surface area (Å²) in [5.74, 6) is 3.45. The zero-order chi connectivity index (χ0) is 14.1. The van der Waals surface area contributed by atoms with E-state index >= 15 is 0 Å². The van der Waals surface area contributed by atoms with Crippen LogP contribution in [0.3, 0.4) is 0 Å². The van der Waals surface area contributed by atoms with Crippen LogP contribution in [0.15, 0.2) is 0 Å². The van der Waals surface area contributed by atoms with E-state index in [9.17, 15) is 13.2 Å². The first-order chi connectivity index (χ1) is 9.06. The van der Waals surface area contributed by atoms with Gasteiger partial charge in [-0.2, -0.15) is 23.5 Å². The number of hydrogen-bond donors (Lipinski definition) is 1. The Balaban J connectivity index is 2.21. The Labute approximate surface area is 124 Å². The summed E-state index contributed by atoms with van der Waals surface area (Å²) in [5.41, 5.74) is 0.